The summed E-state index contributed by atoms with van der Waals surface area (Å²) in [5.41, 5.74) is 6.98. The number of hydrogen-bond donors (Lipinski definition) is 1. The molecule has 0 aliphatic heterocycles. The van der Waals surface area contributed by atoms with Crippen LogP contribution >= 0.6 is 11.6 Å². The van der Waals surface area contributed by atoms with E-state index in [2.05, 4.69) is 10.1 Å². The summed E-state index contributed by atoms with van der Waals surface area (Å²) in [5.74, 6) is 0.974. The van der Waals surface area contributed by atoms with Crippen LogP contribution in [0.3, 0.4) is 0 Å². The van der Waals surface area contributed by atoms with Gasteiger partial charge in [-0.25, -0.2) is 0 Å². The number of nitrogens with zero attached hydrogens (tertiary/aromatic N) is 2. The van der Waals surface area contributed by atoms with Gasteiger partial charge in [-0.2, -0.15) is 4.98 Å². The summed E-state index contributed by atoms with van der Waals surface area (Å²) in [6.45, 7) is 1.63. The molecule has 20 heavy (non-hydrogen) atoms. The van der Waals surface area contributed by atoms with Crippen molar-refractivity contribution in [3.8, 4) is 11.5 Å². The smallest absolute Gasteiger partial charge is 0.258 e. The van der Waals surface area contributed by atoms with Crippen molar-refractivity contribution in [2.75, 3.05) is 32.7 Å². The van der Waals surface area contributed by atoms with E-state index >= 15 is 0 Å². The van der Waals surface area contributed by atoms with Gasteiger partial charge in [0.1, 0.15) is 0 Å². The number of halogens is 1. The Kier molecular flexibility index (Phi) is 5.34. The van der Waals surface area contributed by atoms with Gasteiger partial charge in [0.25, 0.3) is 5.89 Å². The molecule has 2 aromatic rings. The number of hydrogen-bond acceptors (Lipinski definition) is 6. The first kappa shape index (κ1) is 14.8. The van der Waals surface area contributed by atoms with E-state index < -0.39 is 0 Å². The lowest BCUT2D eigenvalue weighted by atomic mass is 10.2. The Morgan fingerprint density at radius 1 is 1.25 bits per heavy atom. The summed E-state index contributed by atoms with van der Waals surface area (Å²) in [4.78, 5) is 4.28. The van der Waals surface area contributed by atoms with Gasteiger partial charge in [-0.1, -0.05) is 16.8 Å². The Morgan fingerprint density at radius 2 is 2.10 bits per heavy atom. The quantitative estimate of drug-likeness (QED) is 0.623. The molecule has 108 valence electrons. The van der Waals surface area contributed by atoms with Gasteiger partial charge in [-0.05, 0) is 18.2 Å². The highest BCUT2D eigenvalue weighted by Crippen LogP contribution is 2.24. The lowest BCUT2D eigenvalue weighted by Crippen LogP contribution is -2.05. The second kappa shape index (κ2) is 7.23. The maximum atomic E-state index is 5.94. The van der Waals surface area contributed by atoms with Crippen LogP contribution in [0.25, 0.3) is 11.5 Å². The van der Waals surface area contributed by atoms with Crippen LogP contribution in [-0.2, 0) is 15.9 Å². The molecule has 0 unspecified atom stereocenters. The molecule has 0 aliphatic carbocycles. The molecule has 0 spiro atoms. The molecule has 0 bridgehead atoms. The molecule has 0 aliphatic rings. The van der Waals surface area contributed by atoms with E-state index in [9.17, 15) is 0 Å². The number of nitrogens with two attached hydrogens (primary N) is 1. The van der Waals surface area contributed by atoms with E-state index in [0.29, 0.717) is 54.2 Å². The number of nitrogen functional groups attached to an aromatic ring is 1. The van der Waals surface area contributed by atoms with Gasteiger partial charge in [0.05, 0.1) is 19.8 Å². The molecule has 6 nitrogen and oxygen atoms in total. The van der Waals surface area contributed by atoms with Crippen LogP contribution in [0, 0.1) is 0 Å². The van der Waals surface area contributed by atoms with Gasteiger partial charge in [0, 0.05) is 29.8 Å². The summed E-state index contributed by atoms with van der Waals surface area (Å²) >= 11 is 5.94. The van der Waals surface area contributed by atoms with Gasteiger partial charge in [-0.15, -0.1) is 0 Å². The highest BCUT2D eigenvalue weighted by molar-refractivity contribution is 6.31. The van der Waals surface area contributed by atoms with Gasteiger partial charge >= 0.3 is 0 Å². The zero-order valence-corrected chi connectivity index (χ0v) is 11.9. The number of rotatable bonds is 7. The first-order valence-corrected chi connectivity index (χ1v) is 6.52. The molecule has 0 atom stereocenters. The van der Waals surface area contributed by atoms with Crippen molar-refractivity contribution < 1.29 is 14.0 Å². The van der Waals surface area contributed by atoms with Crippen LogP contribution < -0.4 is 5.73 Å². The standard InChI is InChI=1S/C13H16ClN3O3/c1-18-4-5-19-3-2-12-16-13(20-17-12)9-6-10(14)8-11(15)7-9/h6-8H,2-5,15H2,1H3. The molecule has 2 N–H and O–H groups in total. The SMILES string of the molecule is COCCOCCc1noc(-c2cc(N)cc(Cl)c2)n1. The fourth-order valence-corrected chi connectivity index (χ4v) is 1.86. The van der Waals surface area contributed by atoms with E-state index in [4.69, 9.17) is 31.3 Å². The highest BCUT2D eigenvalue weighted by atomic mass is 35.5. The van der Waals surface area contributed by atoms with Gasteiger partial charge in [0.15, 0.2) is 5.82 Å². The van der Waals surface area contributed by atoms with Gasteiger partial charge in [0.2, 0.25) is 0 Å². The van der Waals surface area contributed by atoms with Crippen LogP contribution in [0.5, 0.6) is 0 Å². The fraction of sp³-hybridized carbons (Fsp3) is 0.385. The minimum Gasteiger partial charge on any atom is -0.399 e. The second-order valence-corrected chi connectivity index (χ2v) is 4.58. The molecular weight excluding hydrogens is 282 g/mol. The van der Waals surface area contributed by atoms with E-state index in [-0.39, 0.29) is 0 Å². The summed E-state index contributed by atoms with van der Waals surface area (Å²) < 4.78 is 15.4. The van der Waals surface area contributed by atoms with Crippen molar-refractivity contribution >= 4 is 17.3 Å². The number of aromatic nitrogens is 2. The maximum Gasteiger partial charge on any atom is 0.258 e. The molecule has 0 saturated carbocycles. The minimum atomic E-state index is 0.395. The maximum absolute atomic E-state index is 5.94. The molecule has 2 rings (SSSR count). The number of anilines is 1. The van der Waals surface area contributed by atoms with Crippen molar-refractivity contribution in [1.29, 1.82) is 0 Å². The Labute approximate surface area is 121 Å². The lowest BCUT2D eigenvalue weighted by molar-refractivity contribution is 0.0714. The topological polar surface area (TPSA) is 83.4 Å². The molecule has 0 amide bonds. The average Bonchev–Trinajstić information content (AvgIpc) is 2.86. The number of ether oxygens (including phenoxy) is 2. The summed E-state index contributed by atoms with van der Waals surface area (Å²) in [7, 11) is 1.63. The number of benzene rings is 1. The Morgan fingerprint density at radius 3 is 2.85 bits per heavy atom. The molecule has 0 radical (unpaired) electrons. The predicted octanol–water partition coefficient (Wildman–Crippen LogP) is 2.18. The van der Waals surface area contributed by atoms with Crippen molar-refractivity contribution in [3.63, 3.8) is 0 Å². The van der Waals surface area contributed by atoms with Crippen molar-refractivity contribution in [1.82, 2.24) is 10.1 Å². The number of methoxy groups -OCH3 is 1. The fourth-order valence-electron chi connectivity index (χ4n) is 1.62. The van der Waals surface area contributed by atoms with Crippen LogP contribution in [0.4, 0.5) is 5.69 Å². The van der Waals surface area contributed by atoms with Crippen molar-refractivity contribution in [2.45, 2.75) is 6.42 Å². The van der Waals surface area contributed by atoms with Crippen molar-refractivity contribution in [3.05, 3.63) is 29.0 Å². The van der Waals surface area contributed by atoms with Crippen LogP contribution in [0.15, 0.2) is 22.7 Å². The Bertz CT molecular complexity index is 539. The van der Waals surface area contributed by atoms with E-state index in [1.165, 1.54) is 0 Å². The van der Waals surface area contributed by atoms with Crippen LogP contribution in [0.2, 0.25) is 5.02 Å². The Hall–Kier alpha value is -1.63. The third-order valence-corrected chi connectivity index (χ3v) is 2.76. The zero-order chi connectivity index (χ0) is 14.4. The minimum absolute atomic E-state index is 0.395. The molecule has 1 heterocycles. The predicted molar refractivity (Wildman–Crippen MR) is 75.6 cm³/mol. The molecular formula is C13H16ClN3O3. The molecule has 1 aromatic heterocycles. The van der Waals surface area contributed by atoms with Gasteiger partial charge < -0.3 is 19.7 Å². The Balaban J connectivity index is 1.94. The van der Waals surface area contributed by atoms with E-state index in [1.54, 1.807) is 25.3 Å². The monoisotopic (exact) mass is 297 g/mol. The summed E-state index contributed by atoms with van der Waals surface area (Å²) in [6.07, 6.45) is 0.573. The van der Waals surface area contributed by atoms with Crippen LogP contribution in [-0.4, -0.2) is 37.1 Å². The average molecular weight is 298 g/mol. The molecule has 0 fully saturated rings. The van der Waals surface area contributed by atoms with Crippen molar-refractivity contribution in [2.24, 2.45) is 0 Å². The normalized spacial score (nSPS) is 10.9. The second-order valence-electron chi connectivity index (χ2n) is 4.14. The third kappa shape index (κ3) is 4.19. The highest BCUT2D eigenvalue weighted by Gasteiger charge is 2.10. The lowest BCUT2D eigenvalue weighted by Gasteiger charge is -2.00. The van der Waals surface area contributed by atoms with E-state index in [1.807, 2.05) is 0 Å². The summed E-state index contributed by atoms with van der Waals surface area (Å²) in [5, 5.41) is 4.42. The van der Waals surface area contributed by atoms with Gasteiger partial charge in [-0.3, -0.25) is 0 Å². The summed E-state index contributed by atoms with van der Waals surface area (Å²) in [6, 6.07) is 5.12. The third-order valence-electron chi connectivity index (χ3n) is 2.54. The largest absolute Gasteiger partial charge is 0.399 e. The molecule has 0 saturated heterocycles. The zero-order valence-electron chi connectivity index (χ0n) is 11.1. The molecule has 1 aromatic carbocycles. The molecule has 7 heteroatoms. The first-order valence-electron chi connectivity index (χ1n) is 6.15. The van der Waals surface area contributed by atoms with Crippen LogP contribution in [0.1, 0.15) is 5.82 Å². The van der Waals surface area contributed by atoms with E-state index in [0.717, 1.165) is 0 Å². The first-order chi connectivity index (χ1) is 9.69.